The average Bonchev–Trinajstić information content (AvgIpc) is 2.84. The highest BCUT2D eigenvalue weighted by Gasteiger charge is 2.10. The zero-order valence-corrected chi connectivity index (χ0v) is 12.7. The predicted molar refractivity (Wildman–Crippen MR) is 78.6 cm³/mol. The van der Waals surface area contributed by atoms with Crippen LogP contribution in [0.5, 0.6) is 0 Å². The number of aryl methyl sites for hydroxylation is 1. The third-order valence-electron chi connectivity index (χ3n) is 2.69. The van der Waals surface area contributed by atoms with Crippen molar-refractivity contribution in [3.05, 3.63) is 46.5 Å². The molecule has 0 radical (unpaired) electrons. The fourth-order valence-corrected chi connectivity index (χ4v) is 3.00. The zero-order valence-electron chi connectivity index (χ0n) is 10.3. The lowest BCUT2D eigenvalue weighted by molar-refractivity contribution is 0.0695. The van der Waals surface area contributed by atoms with Crippen LogP contribution in [0.2, 0.25) is 0 Å². The summed E-state index contributed by atoms with van der Waals surface area (Å²) in [6, 6.07) is 5.36. The van der Waals surface area contributed by atoms with Gasteiger partial charge in [-0.2, -0.15) is 0 Å². The van der Waals surface area contributed by atoms with Crippen molar-refractivity contribution < 1.29 is 9.90 Å². The van der Waals surface area contributed by atoms with Crippen LogP contribution in [0.1, 0.15) is 23.0 Å². The van der Waals surface area contributed by atoms with Crippen molar-refractivity contribution in [2.24, 2.45) is 0 Å². The normalized spacial score (nSPS) is 10.6. The average molecular weight is 341 g/mol. The fraction of sp³-hybridized carbons (Fsp3) is 0.231. The summed E-state index contributed by atoms with van der Waals surface area (Å²) in [6.45, 7) is 2.95. The highest BCUT2D eigenvalue weighted by atomic mass is 79.9. The Morgan fingerprint density at radius 2 is 2.32 bits per heavy atom. The number of rotatable bonds is 5. The van der Waals surface area contributed by atoms with Crippen LogP contribution in [0.15, 0.2) is 40.1 Å². The van der Waals surface area contributed by atoms with Gasteiger partial charge in [0.1, 0.15) is 0 Å². The summed E-state index contributed by atoms with van der Waals surface area (Å²) in [6.07, 6.45) is 3.65. The maximum atomic E-state index is 11.1. The number of thioether (sulfide) groups is 1. The predicted octanol–water partition coefficient (Wildman–Crippen LogP) is 3.66. The standard InChI is InChI=1S/C13H13BrN2O2S/c1-2-16-8-15-6-9(16)7-19-10-3-4-12(14)11(5-10)13(17)18/h3-6,8H,2,7H2,1H3,(H,17,18). The summed E-state index contributed by atoms with van der Waals surface area (Å²) in [5, 5.41) is 9.07. The van der Waals surface area contributed by atoms with Crippen molar-refractivity contribution in [1.29, 1.82) is 0 Å². The van der Waals surface area contributed by atoms with Crippen molar-refractivity contribution in [3.8, 4) is 0 Å². The Morgan fingerprint density at radius 1 is 1.53 bits per heavy atom. The van der Waals surface area contributed by atoms with E-state index in [0.717, 1.165) is 22.9 Å². The van der Waals surface area contributed by atoms with E-state index in [4.69, 9.17) is 5.11 Å². The largest absolute Gasteiger partial charge is 0.478 e. The van der Waals surface area contributed by atoms with E-state index < -0.39 is 5.97 Å². The third kappa shape index (κ3) is 3.39. The van der Waals surface area contributed by atoms with Gasteiger partial charge in [-0.1, -0.05) is 0 Å². The minimum Gasteiger partial charge on any atom is -0.478 e. The molecule has 0 aliphatic carbocycles. The van der Waals surface area contributed by atoms with E-state index in [9.17, 15) is 4.79 Å². The molecule has 1 N–H and O–H groups in total. The second-order valence-corrected chi connectivity index (χ2v) is 5.81. The Morgan fingerprint density at radius 3 is 3.00 bits per heavy atom. The molecule has 0 aliphatic heterocycles. The van der Waals surface area contributed by atoms with Gasteiger partial charge in [0, 0.05) is 33.6 Å². The van der Waals surface area contributed by atoms with Gasteiger partial charge in [-0.25, -0.2) is 9.78 Å². The van der Waals surface area contributed by atoms with Gasteiger partial charge in [-0.3, -0.25) is 0 Å². The number of carboxylic acids is 1. The number of benzene rings is 1. The molecule has 0 amide bonds. The number of carboxylic acid groups (broad SMARTS) is 1. The van der Waals surface area contributed by atoms with E-state index in [1.165, 1.54) is 0 Å². The van der Waals surface area contributed by atoms with E-state index in [-0.39, 0.29) is 5.56 Å². The van der Waals surface area contributed by atoms with Gasteiger partial charge in [-0.15, -0.1) is 11.8 Å². The Labute approximate surface area is 124 Å². The summed E-state index contributed by atoms with van der Waals surface area (Å²) in [5.74, 6) is -0.151. The van der Waals surface area contributed by atoms with Crippen LogP contribution < -0.4 is 0 Å². The quantitative estimate of drug-likeness (QED) is 0.844. The molecule has 1 aromatic heterocycles. The van der Waals surface area contributed by atoms with Crippen molar-refractivity contribution in [3.63, 3.8) is 0 Å². The maximum absolute atomic E-state index is 11.1. The van der Waals surface area contributed by atoms with Gasteiger partial charge in [0.25, 0.3) is 0 Å². The first-order valence-electron chi connectivity index (χ1n) is 5.76. The van der Waals surface area contributed by atoms with Crippen LogP contribution in [0.25, 0.3) is 0 Å². The lowest BCUT2D eigenvalue weighted by atomic mass is 10.2. The summed E-state index contributed by atoms with van der Waals surface area (Å²) in [4.78, 5) is 16.1. The molecule has 2 rings (SSSR count). The van der Waals surface area contributed by atoms with Crippen LogP contribution in [-0.4, -0.2) is 20.6 Å². The number of nitrogens with zero attached hydrogens (tertiary/aromatic N) is 2. The molecule has 4 nitrogen and oxygen atoms in total. The van der Waals surface area contributed by atoms with Gasteiger partial charge in [0.2, 0.25) is 0 Å². The Hall–Kier alpha value is -1.27. The van der Waals surface area contributed by atoms with Gasteiger partial charge in [0.05, 0.1) is 11.9 Å². The summed E-state index contributed by atoms with van der Waals surface area (Å²) < 4.78 is 2.67. The molecule has 6 heteroatoms. The molecule has 0 saturated heterocycles. The van der Waals surface area contributed by atoms with Crippen molar-refractivity contribution in [2.75, 3.05) is 0 Å². The second-order valence-electron chi connectivity index (χ2n) is 3.91. The van der Waals surface area contributed by atoms with Gasteiger partial charge in [-0.05, 0) is 41.1 Å². The Bertz CT molecular complexity index is 598. The highest BCUT2D eigenvalue weighted by molar-refractivity contribution is 9.10. The lowest BCUT2D eigenvalue weighted by Gasteiger charge is -2.06. The lowest BCUT2D eigenvalue weighted by Crippen LogP contribution is -1.99. The maximum Gasteiger partial charge on any atom is 0.336 e. The summed E-state index contributed by atoms with van der Waals surface area (Å²) in [7, 11) is 0. The first-order valence-corrected chi connectivity index (χ1v) is 7.54. The van der Waals surface area contributed by atoms with Gasteiger partial charge < -0.3 is 9.67 Å². The monoisotopic (exact) mass is 340 g/mol. The summed E-state index contributed by atoms with van der Waals surface area (Å²) >= 11 is 4.84. The molecule has 1 heterocycles. The molecule has 0 unspecified atom stereocenters. The molecule has 0 saturated carbocycles. The molecule has 0 spiro atoms. The van der Waals surface area contributed by atoms with E-state index in [2.05, 4.69) is 32.4 Å². The molecule has 0 fully saturated rings. The van der Waals surface area contributed by atoms with Crippen molar-refractivity contribution >= 4 is 33.7 Å². The first kappa shape index (κ1) is 14.1. The molecule has 2 aromatic rings. The van der Waals surface area contributed by atoms with E-state index in [1.54, 1.807) is 30.2 Å². The highest BCUT2D eigenvalue weighted by Crippen LogP contribution is 2.27. The molecule has 0 atom stereocenters. The smallest absolute Gasteiger partial charge is 0.336 e. The number of halogens is 1. The molecular weight excluding hydrogens is 328 g/mol. The van der Waals surface area contributed by atoms with Crippen LogP contribution in [0.4, 0.5) is 0 Å². The first-order chi connectivity index (χ1) is 9.11. The Kier molecular flexibility index (Phi) is 4.66. The molecular formula is C13H13BrN2O2S. The third-order valence-corrected chi connectivity index (χ3v) is 4.41. The number of hydrogen-bond acceptors (Lipinski definition) is 3. The van der Waals surface area contributed by atoms with Crippen molar-refractivity contribution in [2.45, 2.75) is 24.1 Å². The van der Waals surface area contributed by atoms with E-state index in [1.807, 2.05) is 12.3 Å². The molecule has 1 aromatic carbocycles. The minimum atomic E-state index is -0.923. The minimum absolute atomic E-state index is 0.286. The van der Waals surface area contributed by atoms with Crippen LogP contribution in [0, 0.1) is 0 Å². The van der Waals surface area contributed by atoms with Crippen LogP contribution in [0.3, 0.4) is 0 Å². The molecule has 100 valence electrons. The molecule has 19 heavy (non-hydrogen) atoms. The van der Waals surface area contributed by atoms with E-state index in [0.29, 0.717) is 4.47 Å². The van der Waals surface area contributed by atoms with E-state index >= 15 is 0 Å². The number of aromatic carboxylic acids is 1. The SMILES string of the molecule is CCn1cncc1CSc1ccc(Br)c(C(=O)O)c1. The fourth-order valence-electron chi connectivity index (χ4n) is 1.67. The van der Waals surface area contributed by atoms with Crippen LogP contribution in [-0.2, 0) is 12.3 Å². The topological polar surface area (TPSA) is 55.1 Å². The van der Waals surface area contributed by atoms with Gasteiger partial charge in [0.15, 0.2) is 0 Å². The number of imidazole rings is 1. The van der Waals surface area contributed by atoms with Crippen LogP contribution >= 0.6 is 27.7 Å². The second kappa shape index (κ2) is 6.25. The zero-order chi connectivity index (χ0) is 13.8. The number of carbonyl (C=O) groups is 1. The molecule has 0 aliphatic rings. The van der Waals surface area contributed by atoms with Crippen molar-refractivity contribution in [1.82, 2.24) is 9.55 Å². The molecule has 0 bridgehead atoms. The van der Waals surface area contributed by atoms with Gasteiger partial charge >= 0.3 is 5.97 Å². The number of aromatic nitrogens is 2. The summed E-state index contributed by atoms with van der Waals surface area (Å²) in [5.41, 5.74) is 1.42. The Balaban J connectivity index is 2.12. The number of hydrogen-bond donors (Lipinski definition) is 1.